The van der Waals surface area contributed by atoms with Gasteiger partial charge in [0.05, 0.1) is 11.5 Å². The molecular formula is C32H39F4NO3. The second-order valence-corrected chi connectivity index (χ2v) is 12.4. The second kappa shape index (κ2) is 11.0. The highest BCUT2D eigenvalue weighted by atomic mass is 19.4. The van der Waals surface area contributed by atoms with E-state index in [1.807, 2.05) is 11.9 Å². The number of nitrogens with zero attached hydrogens (tertiary/aromatic N) is 1. The van der Waals surface area contributed by atoms with Gasteiger partial charge in [-0.1, -0.05) is 26.0 Å². The normalized spacial score (nSPS) is 27.1. The molecule has 0 saturated heterocycles. The molecule has 0 amide bonds. The van der Waals surface area contributed by atoms with E-state index in [1.165, 1.54) is 0 Å². The molecule has 5 unspecified atom stereocenters. The number of carboxylic acid groups (broad SMARTS) is 1. The summed E-state index contributed by atoms with van der Waals surface area (Å²) >= 11 is 0. The Kier molecular flexibility index (Phi) is 7.94. The fourth-order valence-electron chi connectivity index (χ4n) is 7.26. The van der Waals surface area contributed by atoms with Crippen LogP contribution in [0.2, 0.25) is 0 Å². The van der Waals surface area contributed by atoms with Crippen molar-refractivity contribution in [2.45, 2.75) is 89.6 Å². The molecule has 4 nitrogen and oxygen atoms in total. The Balaban J connectivity index is 1.31. The first-order valence-electron chi connectivity index (χ1n) is 14.5. The minimum absolute atomic E-state index is 0.0114. The van der Waals surface area contributed by atoms with Crippen molar-refractivity contribution >= 4 is 5.97 Å². The molecule has 0 aromatic heterocycles. The van der Waals surface area contributed by atoms with E-state index in [0.717, 1.165) is 73.6 Å². The first kappa shape index (κ1) is 28.9. The number of fused-ring (bicyclic) bond motifs is 1. The van der Waals surface area contributed by atoms with E-state index in [9.17, 15) is 27.5 Å². The summed E-state index contributed by atoms with van der Waals surface area (Å²) in [5, 5.41) is 9.68. The Hall–Kier alpha value is -2.61. The van der Waals surface area contributed by atoms with Crippen LogP contribution < -0.4 is 4.74 Å². The maximum atomic E-state index is 14.0. The first-order chi connectivity index (χ1) is 18.8. The van der Waals surface area contributed by atoms with E-state index in [2.05, 4.69) is 25.1 Å². The average molecular weight is 562 g/mol. The molecule has 0 bridgehead atoms. The maximum absolute atomic E-state index is 14.0. The van der Waals surface area contributed by atoms with Crippen LogP contribution in [0.4, 0.5) is 17.6 Å². The van der Waals surface area contributed by atoms with E-state index in [4.69, 9.17) is 4.74 Å². The van der Waals surface area contributed by atoms with E-state index >= 15 is 0 Å². The Bertz CT molecular complexity index is 1240. The third kappa shape index (κ3) is 5.74. The molecule has 1 heterocycles. The molecule has 2 aromatic carbocycles. The molecule has 7 atom stereocenters. The van der Waals surface area contributed by atoms with Crippen LogP contribution in [0.1, 0.15) is 87.1 Å². The van der Waals surface area contributed by atoms with Crippen molar-refractivity contribution in [2.75, 3.05) is 7.05 Å². The van der Waals surface area contributed by atoms with Crippen LogP contribution in [-0.2, 0) is 17.4 Å². The summed E-state index contributed by atoms with van der Waals surface area (Å²) in [4.78, 5) is 13.8. The van der Waals surface area contributed by atoms with E-state index in [-0.39, 0.29) is 29.5 Å². The predicted molar refractivity (Wildman–Crippen MR) is 145 cm³/mol. The van der Waals surface area contributed by atoms with Crippen LogP contribution in [0.5, 0.6) is 5.75 Å². The molecule has 40 heavy (non-hydrogen) atoms. The smallest absolute Gasteiger partial charge is 0.416 e. The van der Waals surface area contributed by atoms with Crippen LogP contribution in [0.15, 0.2) is 36.4 Å². The number of carboxylic acids is 1. The highest BCUT2D eigenvalue weighted by Gasteiger charge is 2.43. The third-order valence-corrected chi connectivity index (χ3v) is 9.86. The lowest BCUT2D eigenvalue weighted by Gasteiger charge is -2.34. The second-order valence-electron chi connectivity index (χ2n) is 12.4. The van der Waals surface area contributed by atoms with E-state index in [0.29, 0.717) is 11.8 Å². The standard InChI is InChI=1S/C32H39F4NO3/c1-17-13-24(37(4)19(3)26-15-23(33)10-11-27(26)32(34,35)36)16-25(17)28-12-9-20-5-8-22(14-29(20)40-28)30(21-6-7-21)18(2)31(38)39/h5,8,10-11,14-15,17-19,21,24-25,28,30H,6-7,9,12-13,16H2,1-4H3,(H,38,39)/t17?,18-,19+,24?,25?,28?,30?/m0/s1. The number of rotatable bonds is 8. The minimum atomic E-state index is -4.55. The van der Waals surface area contributed by atoms with Crippen LogP contribution in [0.3, 0.4) is 0 Å². The van der Waals surface area contributed by atoms with Crippen molar-refractivity contribution < 1.29 is 32.2 Å². The number of hydrogen-bond acceptors (Lipinski definition) is 3. The van der Waals surface area contributed by atoms with E-state index in [1.54, 1.807) is 13.8 Å². The number of benzene rings is 2. The van der Waals surface area contributed by atoms with Gasteiger partial charge in [0.2, 0.25) is 0 Å². The number of carbonyl (C=O) groups is 1. The minimum Gasteiger partial charge on any atom is -0.490 e. The molecule has 8 heteroatoms. The zero-order valence-corrected chi connectivity index (χ0v) is 23.5. The van der Waals surface area contributed by atoms with Gasteiger partial charge in [-0.15, -0.1) is 0 Å². The van der Waals surface area contributed by atoms with Gasteiger partial charge >= 0.3 is 12.1 Å². The lowest BCUT2D eigenvalue weighted by atomic mass is 9.82. The number of halogens is 4. The molecule has 0 spiro atoms. The van der Waals surface area contributed by atoms with Crippen LogP contribution >= 0.6 is 0 Å². The van der Waals surface area contributed by atoms with Gasteiger partial charge in [-0.3, -0.25) is 9.69 Å². The summed E-state index contributed by atoms with van der Waals surface area (Å²) < 4.78 is 61.7. The molecule has 1 aliphatic heterocycles. The van der Waals surface area contributed by atoms with Gasteiger partial charge in [0.25, 0.3) is 0 Å². The summed E-state index contributed by atoms with van der Waals surface area (Å²) in [5.74, 6) is -0.153. The Morgan fingerprint density at radius 1 is 1.07 bits per heavy atom. The fraction of sp³-hybridized carbons (Fsp3) is 0.594. The molecule has 3 aliphatic rings. The van der Waals surface area contributed by atoms with Gasteiger partial charge in [-0.2, -0.15) is 13.2 Å². The van der Waals surface area contributed by atoms with Gasteiger partial charge in [0.15, 0.2) is 0 Å². The first-order valence-corrected chi connectivity index (χ1v) is 14.5. The van der Waals surface area contributed by atoms with Gasteiger partial charge < -0.3 is 9.84 Å². The summed E-state index contributed by atoms with van der Waals surface area (Å²) in [5.41, 5.74) is 1.33. The molecule has 2 aliphatic carbocycles. The van der Waals surface area contributed by atoms with Crippen molar-refractivity contribution in [1.82, 2.24) is 4.90 Å². The number of aryl methyl sites for hydroxylation is 1. The number of hydrogen-bond donors (Lipinski definition) is 1. The van der Waals surface area contributed by atoms with Crippen LogP contribution in [0, 0.1) is 29.5 Å². The molecular weight excluding hydrogens is 522 g/mol. The molecule has 0 radical (unpaired) electrons. The average Bonchev–Trinajstić information content (AvgIpc) is 3.66. The zero-order valence-electron chi connectivity index (χ0n) is 23.5. The van der Waals surface area contributed by atoms with Crippen molar-refractivity contribution in [3.05, 3.63) is 64.5 Å². The van der Waals surface area contributed by atoms with Gasteiger partial charge in [-0.05, 0) is 117 Å². The van der Waals surface area contributed by atoms with Crippen molar-refractivity contribution in [1.29, 1.82) is 0 Å². The van der Waals surface area contributed by atoms with Crippen LogP contribution in [0.25, 0.3) is 0 Å². The topological polar surface area (TPSA) is 49.8 Å². The predicted octanol–water partition coefficient (Wildman–Crippen LogP) is 7.86. The summed E-state index contributed by atoms with van der Waals surface area (Å²) in [7, 11) is 1.83. The van der Waals surface area contributed by atoms with Crippen molar-refractivity contribution in [2.24, 2.45) is 23.7 Å². The lowest BCUT2D eigenvalue weighted by molar-refractivity contribution is -0.142. The van der Waals surface area contributed by atoms with E-state index < -0.39 is 35.5 Å². The number of alkyl halides is 3. The summed E-state index contributed by atoms with van der Waals surface area (Å²) in [6.07, 6.45) is 0.906. The molecule has 218 valence electrons. The molecule has 2 aromatic rings. The number of aliphatic carboxylic acids is 1. The summed E-state index contributed by atoms with van der Waals surface area (Å²) in [6.45, 7) is 5.68. The quantitative estimate of drug-likeness (QED) is 0.334. The van der Waals surface area contributed by atoms with Gasteiger partial charge in [0.1, 0.15) is 17.7 Å². The SMILES string of the molecule is CC1CC(N(C)[C@H](C)c2cc(F)ccc2C(F)(F)F)CC1C1CCc2ccc(C(C3CC3)[C@H](C)C(=O)O)cc2O1. The van der Waals surface area contributed by atoms with Gasteiger partial charge in [-0.25, -0.2) is 4.39 Å². The number of ether oxygens (including phenoxy) is 1. The third-order valence-electron chi connectivity index (χ3n) is 9.86. The fourth-order valence-corrected chi connectivity index (χ4v) is 7.26. The Morgan fingerprint density at radius 2 is 1.80 bits per heavy atom. The molecule has 2 fully saturated rings. The lowest BCUT2D eigenvalue weighted by Crippen LogP contribution is -2.35. The highest BCUT2D eigenvalue weighted by molar-refractivity contribution is 5.71. The molecule has 1 N–H and O–H groups in total. The van der Waals surface area contributed by atoms with Crippen LogP contribution in [-0.4, -0.2) is 35.2 Å². The summed E-state index contributed by atoms with van der Waals surface area (Å²) in [6, 6.07) is 8.36. The van der Waals surface area contributed by atoms with Crippen molar-refractivity contribution in [3.8, 4) is 5.75 Å². The highest BCUT2D eigenvalue weighted by Crippen LogP contribution is 2.49. The Morgan fingerprint density at radius 3 is 2.45 bits per heavy atom. The van der Waals surface area contributed by atoms with Gasteiger partial charge in [0, 0.05) is 12.1 Å². The monoisotopic (exact) mass is 561 g/mol. The molecule has 2 saturated carbocycles. The van der Waals surface area contributed by atoms with Crippen molar-refractivity contribution in [3.63, 3.8) is 0 Å². The maximum Gasteiger partial charge on any atom is 0.416 e. The molecule has 5 rings (SSSR count). The largest absolute Gasteiger partial charge is 0.490 e. The zero-order chi connectivity index (χ0) is 28.9. The Labute approximate surface area is 233 Å².